The first-order chi connectivity index (χ1) is 15.4. The fourth-order valence-corrected chi connectivity index (χ4v) is 4.84. The van der Waals surface area contributed by atoms with Crippen LogP contribution in [0.2, 0.25) is 0 Å². The number of hydrogen-bond donors (Lipinski definition) is 2. The second-order valence-electron chi connectivity index (χ2n) is 9.64. The Morgan fingerprint density at radius 1 is 1.21 bits per heavy atom. The molecule has 3 unspecified atom stereocenters. The number of aliphatic hydroxyl groups is 1. The first-order valence-corrected chi connectivity index (χ1v) is 11.0. The molecular formula is C25H28F4N2O2. The third kappa shape index (κ3) is 4.58. The second-order valence-corrected chi connectivity index (χ2v) is 9.64. The molecule has 0 aromatic heterocycles. The van der Waals surface area contributed by atoms with E-state index in [4.69, 9.17) is 4.74 Å². The zero-order chi connectivity index (χ0) is 24.0. The van der Waals surface area contributed by atoms with Gasteiger partial charge in [0.15, 0.2) is 5.60 Å². The van der Waals surface area contributed by atoms with Gasteiger partial charge in [-0.1, -0.05) is 32.1 Å². The lowest BCUT2D eigenvalue weighted by Gasteiger charge is -2.39. The van der Waals surface area contributed by atoms with Crippen molar-refractivity contribution < 1.29 is 27.4 Å². The lowest BCUT2D eigenvalue weighted by molar-refractivity contribution is -0.264. The normalized spacial score (nSPS) is 23.8. The van der Waals surface area contributed by atoms with E-state index in [9.17, 15) is 22.7 Å². The zero-order valence-electron chi connectivity index (χ0n) is 18.8. The number of fused-ring (bicyclic) bond motifs is 2. The predicted octanol–water partition coefficient (Wildman–Crippen LogP) is 4.78. The van der Waals surface area contributed by atoms with Crippen molar-refractivity contribution in [3.63, 3.8) is 0 Å². The minimum absolute atomic E-state index is 0.190. The van der Waals surface area contributed by atoms with Crippen molar-refractivity contribution in [3.8, 4) is 5.75 Å². The van der Waals surface area contributed by atoms with Crippen LogP contribution in [0.15, 0.2) is 53.2 Å². The van der Waals surface area contributed by atoms with Crippen molar-refractivity contribution in [2.75, 3.05) is 13.2 Å². The van der Waals surface area contributed by atoms with Crippen molar-refractivity contribution in [3.05, 3.63) is 65.2 Å². The Balaban J connectivity index is 1.58. The molecule has 1 aromatic rings. The van der Waals surface area contributed by atoms with Crippen molar-refractivity contribution in [1.29, 1.82) is 0 Å². The number of hydrogen-bond acceptors (Lipinski definition) is 4. The van der Waals surface area contributed by atoms with E-state index < -0.39 is 36.0 Å². The topological polar surface area (TPSA) is 53.9 Å². The van der Waals surface area contributed by atoms with Gasteiger partial charge in [-0.2, -0.15) is 13.2 Å². The number of aliphatic imine (C=N–C) groups is 1. The van der Waals surface area contributed by atoms with Crippen LogP contribution >= 0.6 is 0 Å². The van der Waals surface area contributed by atoms with Crippen LogP contribution in [-0.4, -0.2) is 41.8 Å². The monoisotopic (exact) mass is 464 g/mol. The second kappa shape index (κ2) is 8.31. The minimum atomic E-state index is -4.91. The molecule has 0 saturated carbocycles. The summed E-state index contributed by atoms with van der Waals surface area (Å²) in [5.74, 6) is -0.326. The number of halogens is 4. The largest absolute Gasteiger partial charge is 0.493 e. The molecule has 178 valence electrons. The van der Waals surface area contributed by atoms with Gasteiger partial charge in [-0.3, -0.25) is 4.99 Å². The van der Waals surface area contributed by atoms with E-state index in [1.807, 2.05) is 25.2 Å². The summed E-state index contributed by atoms with van der Waals surface area (Å²) in [4.78, 5) is 4.52. The lowest BCUT2D eigenvalue weighted by Crippen LogP contribution is -2.55. The predicted molar refractivity (Wildman–Crippen MR) is 119 cm³/mol. The Bertz CT molecular complexity index is 1060. The highest BCUT2D eigenvalue weighted by molar-refractivity contribution is 5.93. The number of nitrogens with one attached hydrogen (secondary N) is 1. The lowest BCUT2D eigenvalue weighted by atomic mass is 9.74. The molecule has 1 aliphatic carbocycles. The van der Waals surface area contributed by atoms with Gasteiger partial charge in [0.05, 0.1) is 19.2 Å². The van der Waals surface area contributed by atoms with Gasteiger partial charge in [0, 0.05) is 34.9 Å². The molecule has 0 bridgehead atoms. The Hall–Kier alpha value is -2.61. The van der Waals surface area contributed by atoms with Crippen LogP contribution in [0, 0.1) is 11.7 Å². The van der Waals surface area contributed by atoms with E-state index in [1.54, 1.807) is 26.0 Å². The molecular weight excluding hydrogens is 436 g/mol. The Morgan fingerprint density at radius 2 is 1.97 bits per heavy atom. The number of nitrogens with zero attached hydrogens (tertiary/aromatic N) is 1. The number of alkyl halides is 3. The summed E-state index contributed by atoms with van der Waals surface area (Å²) in [6, 6.07) is 2.37. The molecule has 2 aliphatic heterocycles. The minimum Gasteiger partial charge on any atom is -0.493 e. The number of rotatable bonds is 6. The Kier molecular flexibility index (Phi) is 5.93. The van der Waals surface area contributed by atoms with Crippen LogP contribution in [0.5, 0.6) is 5.75 Å². The van der Waals surface area contributed by atoms with Crippen LogP contribution in [0.25, 0.3) is 0 Å². The summed E-state index contributed by atoms with van der Waals surface area (Å²) < 4.78 is 62.4. The van der Waals surface area contributed by atoms with Gasteiger partial charge in [-0.25, -0.2) is 4.39 Å². The smallest absolute Gasteiger partial charge is 0.418 e. The van der Waals surface area contributed by atoms with Crippen LogP contribution in [-0.2, 0) is 11.8 Å². The van der Waals surface area contributed by atoms with Crippen molar-refractivity contribution in [1.82, 2.24) is 5.32 Å². The molecule has 8 heteroatoms. The molecule has 0 amide bonds. The van der Waals surface area contributed by atoms with E-state index in [2.05, 4.69) is 10.3 Å². The maximum absolute atomic E-state index is 14.2. The SMILES string of the molecule is CC1=NC2C=CC=C(NCC(O)(CC(C)(C)c3cc(F)cc4c3OCC4)C(F)(F)F)C2C=C1. The van der Waals surface area contributed by atoms with Gasteiger partial charge in [-0.05, 0) is 43.0 Å². The molecule has 3 atom stereocenters. The van der Waals surface area contributed by atoms with E-state index in [0.29, 0.717) is 35.6 Å². The highest BCUT2D eigenvalue weighted by atomic mass is 19.4. The molecule has 2 heterocycles. The number of benzene rings is 1. The van der Waals surface area contributed by atoms with Crippen LogP contribution < -0.4 is 10.1 Å². The summed E-state index contributed by atoms with van der Waals surface area (Å²) in [5.41, 5.74) is -1.89. The van der Waals surface area contributed by atoms with Gasteiger partial charge in [0.2, 0.25) is 0 Å². The molecule has 0 radical (unpaired) electrons. The standard InChI is InChI=1S/C25H28F4N2O2/c1-15-7-8-18-20(5-4-6-21(18)31-15)30-14-24(32,25(27,28)29)13-23(2,3)19-12-17(26)11-16-9-10-33-22(16)19/h4-8,11-12,18,21,30,32H,9-10,13-14H2,1-3H3. The third-order valence-corrected chi connectivity index (χ3v) is 6.53. The van der Waals surface area contributed by atoms with E-state index in [1.165, 1.54) is 12.1 Å². The molecule has 4 rings (SSSR count). The average Bonchev–Trinajstić information content (AvgIpc) is 3.18. The third-order valence-electron chi connectivity index (χ3n) is 6.53. The molecule has 2 N–H and O–H groups in total. The zero-order valence-corrected chi connectivity index (χ0v) is 18.8. The van der Waals surface area contributed by atoms with Crippen LogP contribution in [0.4, 0.5) is 17.6 Å². The van der Waals surface area contributed by atoms with E-state index in [-0.39, 0.29) is 12.0 Å². The first kappa shape index (κ1) is 23.5. The maximum Gasteiger partial charge on any atom is 0.418 e. The summed E-state index contributed by atoms with van der Waals surface area (Å²) in [6.07, 6.45) is 4.02. The van der Waals surface area contributed by atoms with E-state index in [0.717, 1.165) is 5.71 Å². The number of dihydropyridines is 1. The first-order valence-electron chi connectivity index (χ1n) is 11.0. The molecule has 0 spiro atoms. The highest BCUT2D eigenvalue weighted by Crippen LogP contribution is 2.45. The highest BCUT2D eigenvalue weighted by Gasteiger charge is 2.56. The van der Waals surface area contributed by atoms with Gasteiger partial charge in [0.1, 0.15) is 11.6 Å². The summed E-state index contributed by atoms with van der Waals surface area (Å²) in [7, 11) is 0. The van der Waals surface area contributed by atoms with Crippen molar-refractivity contribution in [2.24, 2.45) is 10.9 Å². The summed E-state index contributed by atoms with van der Waals surface area (Å²) in [5, 5.41) is 13.8. The summed E-state index contributed by atoms with van der Waals surface area (Å²) in [6.45, 7) is 4.62. The Morgan fingerprint density at radius 3 is 2.70 bits per heavy atom. The van der Waals surface area contributed by atoms with Crippen LogP contribution in [0.1, 0.15) is 38.3 Å². The molecule has 4 nitrogen and oxygen atoms in total. The van der Waals surface area contributed by atoms with Gasteiger partial charge >= 0.3 is 6.18 Å². The van der Waals surface area contributed by atoms with E-state index >= 15 is 0 Å². The van der Waals surface area contributed by atoms with Crippen LogP contribution in [0.3, 0.4) is 0 Å². The molecule has 0 fully saturated rings. The van der Waals surface area contributed by atoms with Gasteiger partial charge in [-0.15, -0.1) is 0 Å². The molecule has 3 aliphatic rings. The van der Waals surface area contributed by atoms with Gasteiger partial charge < -0.3 is 15.2 Å². The summed E-state index contributed by atoms with van der Waals surface area (Å²) >= 11 is 0. The fourth-order valence-electron chi connectivity index (χ4n) is 4.84. The fraction of sp³-hybridized carbons (Fsp3) is 0.480. The van der Waals surface area contributed by atoms with Gasteiger partial charge in [0.25, 0.3) is 0 Å². The molecule has 33 heavy (non-hydrogen) atoms. The Labute approximate surface area is 190 Å². The van der Waals surface area contributed by atoms with Crippen molar-refractivity contribution in [2.45, 2.75) is 56.8 Å². The molecule has 0 saturated heterocycles. The number of allylic oxidation sites excluding steroid dienone is 3. The quantitative estimate of drug-likeness (QED) is 0.596. The number of ether oxygens (including phenoxy) is 1. The van der Waals surface area contributed by atoms with Crippen molar-refractivity contribution >= 4 is 5.71 Å². The maximum atomic E-state index is 14.2. The average molecular weight is 465 g/mol. The molecule has 1 aromatic carbocycles.